The van der Waals surface area contributed by atoms with Gasteiger partial charge in [-0.1, -0.05) is 4.90 Å². The van der Waals surface area contributed by atoms with Crippen LogP contribution in [0.15, 0.2) is 17.0 Å². The minimum Gasteiger partial charge on any atom is -0.543 e. The third-order valence-corrected chi connectivity index (χ3v) is 1.82. The van der Waals surface area contributed by atoms with Crippen LogP contribution in [-0.2, 0) is 19.5 Å². The molecule has 0 N–H and O–H groups in total. The van der Waals surface area contributed by atoms with Crippen LogP contribution in [0.25, 0.3) is 0 Å². The molecule has 0 spiro atoms. The zero-order valence-electron chi connectivity index (χ0n) is 6.54. The van der Waals surface area contributed by atoms with Crippen molar-refractivity contribution in [2.24, 2.45) is 0 Å². The zero-order valence-corrected chi connectivity index (χ0v) is 10.4. The second kappa shape index (κ2) is 4.15. The molecule has 4 heteroatoms. The van der Waals surface area contributed by atoms with Crippen molar-refractivity contribution in [1.82, 2.24) is 0 Å². The molecular weight excluding hydrogens is 226 g/mol. The zero-order chi connectivity index (χ0) is 7.68. The molecule has 0 fully saturated rings. The first-order chi connectivity index (χ1) is 5.38. The molecule has 0 saturated carbocycles. The second-order valence-electron chi connectivity index (χ2n) is 2.22. The fourth-order valence-corrected chi connectivity index (χ4v) is 1.23. The van der Waals surface area contributed by atoms with E-state index in [1.54, 1.807) is 6.07 Å². The first kappa shape index (κ1) is 9.88. The molecule has 1 aliphatic heterocycles. The number of rotatable bonds is 0. The SMILES string of the molecule is Sc1cc[c-]c2c1OCCO2.[Zn]. The molecule has 0 radical (unpaired) electrons. The topological polar surface area (TPSA) is 18.5 Å². The van der Waals surface area contributed by atoms with Gasteiger partial charge in [0.2, 0.25) is 0 Å². The van der Waals surface area contributed by atoms with Crippen LogP contribution in [0.5, 0.6) is 11.5 Å². The number of thiol groups is 1. The van der Waals surface area contributed by atoms with Gasteiger partial charge < -0.3 is 9.47 Å². The van der Waals surface area contributed by atoms with E-state index in [9.17, 15) is 0 Å². The first-order valence-corrected chi connectivity index (χ1v) is 3.82. The van der Waals surface area contributed by atoms with Gasteiger partial charge in [-0.2, -0.15) is 24.8 Å². The smallest absolute Gasteiger partial charge is 0.118 e. The van der Waals surface area contributed by atoms with E-state index in [-0.39, 0.29) is 19.5 Å². The summed E-state index contributed by atoms with van der Waals surface area (Å²) in [6, 6.07) is 6.54. The van der Waals surface area contributed by atoms with Gasteiger partial charge in [0.25, 0.3) is 0 Å². The van der Waals surface area contributed by atoms with E-state index in [2.05, 4.69) is 18.7 Å². The Balaban J connectivity index is 0.000000720. The quantitative estimate of drug-likeness (QED) is 0.416. The summed E-state index contributed by atoms with van der Waals surface area (Å²) in [5.41, 5.74) is 0. The van der Waals surface area contributed by atoms with Gasteiger partial charge in [-0.15, -0.1) is 6.07 Å². The van der Waals surface area contributed by atoms with Crippen molar-refractivity contribution < 1.29 is 29.0 Å². The van der Waals surface area contributed by atoms with Crippen LogP contribution in [-0.4, -0.2) is 13.2 Å². The molecule has 2 nitrogen and oxygen atoms in total. The minimum atomic E-state index is 0. The monoisotopic (exact) mass is 231 g/mol. The summed E-state index contributed by atoms with van der Waals surface area (Å²) in [5, 5.41) is 0. The van der Waals surface area contributed by atoms with Crippen LogP contribution < -0.4 is 9.47 Å². The molecular formula is C8H7O2SZn-. The Bertz CT molecular complexity index is 278. The molecule has 0 bridgehead atoms. The van der Waals surface area contributed by atoms with Gasteiger partial charge in [0.15, 0.2) is 0 Å². The standard InChI is InChI=1S/C8H7O2S.Zn/c11-7-3-1-2-6-8(7)10-5-4-9-6;/h1,3,11H,4-5H2;/q-1;. The maximum absolute atomic E-state index is 5.32. The van der Waals surface area contributed by atoms with E-state index < -0.39 is 0 Å². The molecule has 0 amide bonds. The van der Waals surface area contributed by atoms with Gasteiger partial charge in [0.05, 0.1) is 5.75 Å². The third-order valence-electron chi connectivity index (χ3n) is 1.47. The predicted octanol–water partition coefficient (Wildman–Crippen LogP) is 1.54. The number of fused-ring (bicyclic) bond motifs is 1. The molecule has 12 heavy (non-hydrogen) atoms. The number of ether oxygens (including phenoxy) is 2. The Kier molecular flexibility index (Phi) is 3.42. The predicted molar refractivity (Wildman–Crippen MR) is 43.5 cm³/mol. The second-order valence-corrected chi connectivity index (χ2v) is 2.70. The fraction of sp³-hybridized carbons (Fsp3) is 0.250. The van der Waals surface area contributed by atoms with E-state index >= 15 is 0 Å². The molecule has 1 heterocycles. The van der Waals surface area contributed by atoms with E-state index in [1.807, 2.05) is 6.07 Å². The van der Waals surface area contributed by atoms with Crippen LogP contribution in [0, 0.1) is 6.07 Å². The van der Waals surface area contributed by atoms with E-state index in [1.165, 1.54) is 0 Å². The summed E-state index contributed by atoms with van der Waals surface area (Å²) in [4.78, 5) is 0.804. The molecule has 0 aromatic heterocycles. The van der Waals surface area contributed by atoms with Crippen LogP contribution in [0.2, 0.25) is 0 Å². The van der Waals surface area contributed by atoms with Crippen molar-refractivity contribution in [1.29, 1.82) is 0 Å². The Morgan fingerprint density at radius 1 is 1.33 bits per heavy atom. The molecule has 0 aliphatic carbocycles. The van der Waals surface area contributed by atoms with Crippen LogP contribution in [0.4, 0.5) is 0 Å². The van der Waals surface area contributed by atoms with Crippen LogP contribution in [0.1, 0.15) is 0 Å². The summed E-state index contributed by atoms with van der Waals surface area (Å²) in [6.45, 7) is 1.19. The molecule has 0 saturated heterocycles. The Morgan fingerprint density at radius 2 is 2.08 bits per heavy atom. The van der Waals surface area contributed by atoms with Gasteiger partial charge in [0, 0.05) is 25.2 Å². The largest absolute Gasteiger partial charge is 0.543 e. The van der Waals surface area contributed by atoms with Crippen molar-refractivity contribution in [3.63, 3.8) is 0 Å². The molecule has 0 atom stereocenters. The van der Waals surface area contributed by atoms with Crippen molar-refractivity contribution in [2.45, 2.75) is 4.90 Å². The maximum atomic E-state index is 5.32. The van der Waals surface area contributed by atoms with Gasteiger partial charge in [-0.25, -0.2) is 0 Å². The average molecular weight is 233 g/mol. The average Bonchev–Trinajstić information content (AvgIpc) is 2.06. The summed E-state index contributed by atoms with van der Waals surface area (Å²) >= 11 is 4.21. The van der Waals surface area contributed by atoms with Crippen molar-refractivity contribution in [3.8, 4) is 11.5 Å². The summed E-state index contributed by atoms with van der Waals surface area (Å²) < 4.78 is 10.6. The Labute approximate surface area is 89.4 Å². The van der Waals surface area contributed by atoms with Crippen molar-refractivity contribution in [3.05, 3.63) is 18.2 Å². The minimum absolute atomic E-state index is 0. The summed E-state index contributed by atoms with van der Waals surface area (Å²) in [6.07, 6.45) is 0. The Hall–Kier alpha value is -0.207. The summed E-state index contributed by atoms with van der Waals surface area (Å²) in [5.74, 6) is 1.38. The fourth-order valence-electron chi connectivity index (χ4n) is 0.988. The Morgan fingerprint density at radius 3 is 2.83 bits per heavy atom. The maximum Gasteiger partial charge on any atom is 0.118 e. The molecule has 1 aromatic carbocycles. The molecule has 2 rings (SSSR count). The number of hydrogen-bond acceptors (Lipinski definition) is 3. The van der Waals surface area contributed by atoms with Crippen LogP contribution in [0.3, 0.4) is 0 Å². The van der Waals surface area contributed by atoms with E-state index in [4.69, 9.17) is 9.47 Å². The molecule has 1 aromatic rings. The van der Waals surface area contributed by atoms with Gasteiger partial charge >= 0.3 is 0 Å². The van der Waals surface area contributed by atoms with Gasteiger partial charge in [-0.05, 0) is 0 Å². The third kappa shape index (κ3) is 1.75. The summed E-state index contributed by atoms with van der Waals surface area (Å²) in [7, 11) is 0. The normalized spacial score (nSPS) is 13.4. The molecule has 60 valence electrons. The molecule has 1 aliphatic rings. The number of hydrogen-bond donors (Lipinski definition) is 1. The van der Waals surface area contributed by atoms with Gasteiger partial charge in [-0.3, -0.25) is 0 Å². The van der Waals surface area contributed by atoms with Crippen LogP contribution >= 0.6 is 12.6 Å². The van der Waals surface area contributed by atoms with Gasteiger partial charge in [0.1, 0.15) is 13.2 Å². The first-order valence-electron chi connectivity index (χ1n) is 3.37. The molecule has 0 unspecified atom stereocenters. The van der Waals surface area contributed by atoms with E-state index in [0.717, 1.165) is 4.90 Å². The number of benzene rings is 1. The van der Waals surface area contributed by atoms with Crippen molar-refractivity contribution >= 4 is 12.6 Å². The van der Waals surface area contributed by atoms with Crippen molar-refractivity contribution in [2.75, 3.05) is 13.2 Å². The van der Waals surface area contributed by atoms with E-state index in [0.29, 0.717) is 24.7 Å².